The molecule has 2 aromatic heterocycles. The molecule has 1 atom stereocenters. The SMILES string of the molecule is Cc1cccc(-c2c3c(=O)n(C)c(=O)n(C)c3c3n2C(C)(C)COC3c2ccccc2OC(C)C)c1. The molecule has 0 saturated carbocycles. The molecule has 188 valence electrons. The molecule has 0 N–H and O–H groups in total. The maximum atomic E-state index is 13.7. The standard InChI is InChI=1S/C29H33N3O4/c1-17(2)36-21-14-9-8-13-20(21)26-25-24-22(27(33)31(7)28(34)30(24)6)23(19-12-10-11-18(3)15-19)32(25)29(4,5)16-35-26/h8-15,17,26H,16H2,1-7H3. The van der Waals surface area contributed by atoms with Crippen LogP contribution in [0.25, 0.3) is 22.2 Å². The van der Waals surface area contributed by atoms with E-state index in [1.807, 2.05) is 63.2 Å². The second kappa shape index (κ2) is 8.52. The molecule has 7 nitrogen and oxygen atoms in total. The summed E-state index contributed by atoms with van der Waals surface area (Å²) in [7, 11) is 3.26. The predicted octanol–water partition coefficient (Wildman–Crippen LogP) is 4.66. The van der Waals surface area contributed by atoms with Gasteiger partial charge in [0, 0.05) is 19.7 Å². The van der Waals surface area contributed by atoms with E-state index in [-0.39, 0.29) is 17.4 Å². The van der Waals surface area contributed by atoms with Gasteiger partial charge in [-0.2, -0.15) is 0 Å². The maximum absolute atomic E-state index is 13.7. The van der Waals surface area contributed by atoms with Gasteiger partial charge in [-0.3, -0.25) is 13.9 Å². The number of benzene rings is 2. The van der Waals surface area contributed by atoms with Crippen molar-refractivity contribution in [1.82, 2.24) is 13.7 Å². The number of hydrogen-bond donors (Lipinski definition) is 0. The van der Waals surface area contributed by atoms with Crippen molar-refractivity contribution in [2.45, 2.75) is 52.4 Å². The Hall–Kier alpha value is -3.58. The summed E-state index contributed by atoms with van der Waals surface area (Å²) in [5.74, 6) is 0.726. The van der Waals surface area contributed by atoms with Gasteiger partial charge < -0.3 is 14.0 Å². The van der Waals surface area contributed by atoms with Gasteiger partial charge in [-0.05, 0) is 52.3 Å². The van der Waals surface area contributed by atoms with Gasteiger partial charge in [-0.15, -0.1) is 0 Å². The first-order valence-corrected chi connectivity index (χ1v) is 12.3. The minimum absolute atomic E-state index is 0.0192. The normalized spacial score (nSPS) is 16.9. The van der Waals surface area contributed by atoms with Crippen LogP contribution in [-0.2, 0) is 24.4 Å². The minimum atomic E-state index is -0.522. The van der Waals surface area contributed by atoms with Crippen molar-refractivity contribution in [3.8, 4) is 17.0 Å². The maximum Gasteiger partial charge on any atom is 0.331 e. The van der Waals surface area contributed by atoms with E-state index in [0.717, 1.165) is 33.8 Å². The van der Waals surface area contributed by atoms with Gasteiger partial charge >= 0.3 is 5.69 Å². The van der Waals surface area contributed by atoms with Gasteiger partial charge in [0.2, 0.25) is 0 Å². The summed E-state index contributed by atoms with van der Waals surface area (Å²) in [6.45, 7) is 10.6. The summed E-state index contributed by atoms with van der Waals surface area (Å²) in [5, 5.41) is 0.519. The number of ether oxygens (including phenoxy) is 2. The van der Waals surface area contributed by atoms with E-state index in [0.29, 0.717) is 17.5 Å². The fourth-order valence-corrected chi connectivity index (χ4v) is 5.36. The highest BCUT2D eigenvalue weighted by molar-refractivity contribution is 5.97. The molecule has 2 aromatic carbocycles. The van der Waals surface area contributed by atoms with Crippen molar-refractivity contribution < 1.29 is 9.47 Å². The highest BCUT2D eigenvalue weighted by atomic mass is 16.5. The number of para-hydroxylation sites is 1. The van der Waals surface area contributed by atoms with Crippen LogP contribution >= 0.6 is 0 Å². The fraction of sp³-hybridized carbons (Fsp3) is 0.379. The number of aryl methyl sites for hydroxylation is 2. The minimum Gasteiger partial charge on any atom is -0.491 e. The highest BCUT2D eigenvalue weighted by Crippen LogP contribution is 2.47. The van der Waals surface area contributed by atoms with E-state index in [4.69, 9.17) is 9.47 Å². The van der Waals surface area contributed by atoms with E-state index in [2.05, 4.69) is 24.5 Å². The Morgan fingerprint density at radius 1 is 1.03 bits per heavy atom. The van der Waals surface area contributed by atoms with Gasteiger partial charge in [0.15, 0.2) is 0 Å². The largest absolute Gasteiger partial charge is 0.491 e. The lowest BCUT2D eigenvalue weighted by molar-refractivity contribution is -0.00852. The molecule has 0 aliphatic carbocycles. The number of aromatic nitrogens is 3. The lowest BCUT2D eigenvalue weighted by Gasteiger charge is -2.39. The van der Waals surface area contributed by atoms with E-state index < -0.39 is 11.6 Å². The number of nitrogens with zero attached hydrogens (tertiary/aromatic N) is 3. The first kappa shape index (κ1) is 24.1. The molecule has 7 heteroatoms. The molecule has 0 saturated heterocycles. The molecule has 1 aliphatic rings. The van der Waals surface area contributed by atoms with Crippen molar-refractivity contribution in [3.63, 3.8) is 0 Å². The molecular formula is C29H33N3O4. The van der Waals surface area contributed by atoms with Crippen LogP contribution in [0.15, 0.2) is 58.1 Å². The lowest BCUT2D eigenvalue weighted by atomic mass is 9.97. The van der Waals surface area contributed by atoms with E-state index in [1.165, 1.54) is 11.6 Å². The third-order valence-corrected chi connectivity index (χ3v) is 6.92. The molecule has 0 spiro atoms. The number of rotatable bonds is 4. The van der Waals surface area contributed by atoms with Crippen LogP contribution in [0.1, 0.15) is 50.6 Å². The molecule has 0 fully saturated rings. The van der Waals surface area contributed by atoms with Gasteiger partial charge in [-0.25, -0.2) is 4.79 Å². The van der Waals surface area contributed by atoms with Crippen LogP contribution < -0.4 is 16.0 Å². The third-order valence-electron chi connectivity index (χ3n) is 6.92. The first-order valence-electron chi connectivity index (χ1n) is 12.3. The van der Waals surface area contributed by atoms with Crippen molar-refractivity contribution in [2.24, 2.45) is 14.1 Å². The summed E-state index contributed by atoms with van der Waals surface area (Å²) in [5.41, 5.74) is 3.92. The van der Waals surface area contributed by atoms with E-state index in [1.54, 1.807) is 11.6 Å². The highest BCUT2D eigenvalue weighted by Gasteiger charge is 2.41. The monoisotopic (exact) mass is 487 g/mol. The Morgan fingerprint density at radius 3 is 2.44 bits per heavy atom. The zero-order valence-corrected chi connectivity index (χ0v) is 22.0. The summed E-state index contributed by atoms with van der Waals surface area (Å²) < 4.78 is 17.7. The molecule has 0 radical (unpaired) electrons. The Labute approximate surface area is 210 Å². The molecule has 1 aliphatic heterocycles. The first-order chi connectivity index (χ1) is 17.0. The zero-order valence-electron chi connectivity index (χ0n) is 22.0. The van der Waals surface area contributed by atoms with Crippen molar-refractivity contribution in [1.29, 1.82) is 0 Å². The zero-order chi connectivity index (χ0) is 25.9. The second-order valence-electron chi connectivity index (χ2n) is 10.6. The summed E-state index contributed by atoms with van der Waals surface area (Å²) in [6, 6.07) is 16.0. The second-order valence-corrected chi connectivity index (χ2v) is 10.6. The topological polar surface area (TPSA) is 67.4 Å². The fourth-order valence-electron chi connectivity index (χ4n) is 5.36. The molecule has 36 heavy (non-hydrogen) atoms. The Balaban J connectivity index is 1.98. The Bertz CT molecular complexity index is 1600. The molecule has 1 unspecified atom stereocenters. The average molecular weight is 488 g/mol. The Kier molecular flexibility index (Phi) is 5.71. The average Bonchev–Trinajstić information content (AvgIpc) is 3.20. The van der Waals surface area contributed by atoms with Gasteiger partial charge in [-0.1, -0.05) is 42.0 Å². The molecule has 3 heterocycles. The molecule has 0 bridgehead atoms. The molecule has 0 amide bonds. The lowest BCUT2D eigenvalue weighted by Crippen LogP contribution is -2.40. The van der Waals surface area contributed by atoms with Crippen LogP contribution in [0.5, 0.6) is 5.75 Å². The van der Waals surface area contributed by atoms with Crippen molar-refractivity contribution in [2.75, 3.05) is 6.61 Å². The summed E-state index contributed by atoms with van der Waals surface area (Å²) in [4.78, 5) is 26.9. The van der Waals surface area contributed by atoms with Crippen LogP contribution in [0.3, 0.4) is 0 Å². The Morgan fingerprint density at radius 2 is 1.75 bits per heavy atom. The molecule has 5 rings (SSSR count). The number of hydrogen-bond acceptors (Lipinski definition) is 4. The van der Waals surface area contributed by atoms with Crippen molar-refractivity contribution >= 4 is 10.9 Å². The van der Waals surface area contributed by atoms with E-state index >= 15 is 0 Å². The predicted molar refractivity (Wildman–Crippen MR) is 142 cm³/mol. The van der Waals surface area contributed by atoms with Gasteiger partial charge in [0.05, 0.1) is 40.5 Å². The third kappa shape index (κ3) is 3.61. The molecular weight excluding hydrogens is 454 g/mol. The van der Waals surface area contributed by atoms with Crippen LogP contribution in [0, 0.1) is 6.92 Å². The van der Waals surface area contributed by atoms with Crippen molar-refractivity contribution in [3.05, 3.63) is 86.2 Å². The summed E-state index contributed by atoms with van der Waals surface area (Å²) in [6.07, 6.45) is -0.541. The van der Waals surface area contributed by atoms with Crippen LogP contribution in [-0.4, -0.2) is 26.4 Å². The van der Waals surface area contributed by atoms with Gasteiger partial charge in [0.25, 0.3) is 5.56 Å². The molecule has 4 aromatic rings. The summed E-state index contributed by atoms with van der Waals surface area (Å²) >= 11 is 0. The van der Waals surface area contributed by atoms with E-state index in [9.17, 15) is 9.59 Å². The van der Waals surface area contributed by atoms with Gasteiger partial charge in [0.1, 0.15) is 11.9 Å². The van der Waals surface area contributed by atoms with Crippen LogP contribution in [0.2, 0.25) is 0 Å². The smallest absolute Gasteiger partial charge is 0.331 e. The van der Waals surface area contributed by atoms with Crippen LogP contribution in [0.4, 0.5) is 0 Å². The quantitative estimate of drug-likeness (QED) is 0.420. The number of fused-ring (bicyclic) bond motifs is 3.